The first-order chi connectivity index (χ1) is 10.3. The highest BCUT2D eigenvalue weighted by Crippen LogP contribution is 2.19. The summed E-state index contributed by atoms with van der Waals surface area (Å²) < 4.78 is 18.5. The molecule has 0 atom stereocenters. The van der Waals surface area contributed by atoms with Gasteiger partial charge in [-0.3, -0.25) is 0 Å². The van der Waals surface area contributed by atoms with E-state index in [1.54, 1.807) is 0 Å². The minimum absolute atomic E-state index is 0.652. The molecule has 0 aliphatic carbocycles. The Morgan fingerprint density at radius 2 is 1.27 bits per heavy atom. The molecule has 0 saturated carbocycles. The van der Waals surface area contributed by atoms with E-state index >= 15 is 0 Å². The first-order valence-corrected chi connectivity index (χ1v) is 14.9. The molecule has 3 nitrogen and oxygen atoms in total. The minimum atomic E-state index is -2.08. The average Bonchev–Trinajstić information content (AvgIpc) is 2.42. The highest BCUT2D eigenvalue weighted by molar-refractivity contribution is 6.78. The lowest BCUT2D eigenvalue weighted by Crippen LogP contribution is -2.49. The van der Waals surface area contributed by atoms with Crippen molar-refractivity contribution in [1.29, 1.82) is 0 Å². The number of rotatable bonds is 14. The van der Waals surface area contributed by atoms with E-state index in [1.165, 1.54) is 38.5 Å². The molecule has 0 N–H and O–H groups in total. The van der Waals surface area contributed by atoms with Crippen LogP contribution in [0.3, 0.4) is 0 Å². The van der Waals surface area contributed by atoms with Crippen LogP contribution in [0.2, 0.25) is 26.2 Å². The Kier molecular flexibility index (Phi) is 12.0. The van der Waals surface area contributed by atoms with Crippen molar-refractivity contribution in [3.63, 3.8) is 0 Å². The van der Waals surface area contributed by atoms with Gasteiger partial charge in [0.15, 0.2) is 0 Å². The second-order valence-corrected chi connectivity index (χ2v) is 14.2. The maximum Gasteiger partial charge on any atom is 0.322 e. The molecule has 0 aromatic heterocycles. The van der Waals surface area contributed by atoms with Crippen LogP contribution in [0.5, 0.6) is 0 Å². The predicted molar refractivity (Wildman–Crippen MR) is 101 cm³/mol. The van der Waals surface area contributed by atoms with Crippen molar-refractivity contribution < 1.29 is 13.0 Å². The Morgan fingerprint density at radius 1 is 0.727 bits per heavy atom. The van der Waals surface area contributed by atoms with Gasteiger partial charge < -0.3 is 13.0 Å². The molecule has 0 aliphatic heterocycles. The van der Waals surface area contributed by atoms with Crippen molar-refractivity contribution in [1.82, 2.24) is 0 Å². The van der Waals surface area contributed by atoms with E-state index in [2.05, 4.69) is 47.0 Å². The zero-order chi connectivity index (χ0) is 17.1. The Morgan fingerprint density at radius 3 is 1.82 bits per heavy atom. The standard InChI is InChI=1S/C17H40O3Si2/c1-8-11-12-13-14-15-18-21(4,5)20-22(6,7)19-16-17(9-2)10-3/h17H,8-16H2,1-7H3. The van der Waals surface area contributed by atoms with Crippen molar-refractivity contribution in [3.05, 3.63) is 0 Å². The van der Waals surface area contributed by atoms with Crippen molar-refractivity contribution in [2.45, 2.75) is 91.9 Å². The smallest absolute Gasteiger partial charge is 0.322 e. The zero-order valence-electron chi connectivity index (χ0n) is 16.2. The van der Waals surface area contributed by atoms with Gasteiger partial charge in [0.05, 0.1) is 0 Å². The quantitative estimate of drug-likeness (QED) is 0.291. The molecule has 0 spiro atoms. The monoisotopic (exact) mass is 348 g/mol. The molecule has 0 bridgehead atoms. The van der Waals surface area contributed by atoms with Gasteiger partial charge in [-0.25, -0.2) is 0 Å². The zero-order valence-corrected chi connectivity index (χ0v) is 18.2. The van der Waals surface area contributed by atoms with E-state index in [1.807, 2.05) is 0 Å². The third-order valence-corrected chi connectivity index (χ3v) is 9.70. The lowest BCUT2D eigenvalue weighted by Gasteiger charge is -2.33. The van der Waals surface area contributed by atoms with E-state index in [-0.39, 0.29) is 0 Å². The summed E-state index contributed by atoms with van der Waals surface area (Å²) in [6, 6.07) is 0. The fourth-order valence-corrected chi connectivity index (χ4v) is 9.00. The summed E-state index contributed by atoms with van der Waals surface area (Å²) in [5, 5.41) is 0. The van der Waals surface area contributed by atoms with Crippen LogP contribution in [-0.2, 0) is 13.0 Å². The fraction of sp³-hybridized carbons (Fsp3) is 1.00. The van der Waals surface area contributed by atoms with Gasteiger partial charge in [-0.2, -0.15) is 0 Å². The van der Waals surface area contributed by atoms with Gasteiger partial charge in [0, 0.05) is 13.2 Å². The van der Waals surface area contributed by atoms with E-state index in [0.29, 0.717) is 5.92 Å². The summed E-state index contributed by atoms with van der Waals surface area (Å²) in [4.78, 5) is 0. The van der Waals surface area contributed by atoms with Crippen LogP contribution in [0.1, 0.15) is 65.7 Å². The molecule has 0 amide bonds. The first-order valence-electron chi connectivity index (χ1n) is 9.24. The molecule has 0 aliphatic rings. The highest BCUT2D eigenvalue weighted by atomic mass is 28.5. The van der Waals surface area contributed by atoms with Crippen molar-refractivity contribution >= 4 is 17.1 Å². The molecule has 0 aromatic carbocycles. The van der Waals surface area contributed by atoms with E-state index in [0.717, 1.165) is 19.6 Å². The maximum absolute atomic E-state index is 6.33. The molecule has 0 fully saturated rings. The van der Waals surface area contributed by atoms with Crippen LogP contribution >= 0.6 is 0 Å². The van der Waals surface area contributed by atoms with Crippen LogP contribution in [0.25, 0.3) is 0 Å². The van der Waals surface area contributed by atoms with E-state index < -0.39 is 17.1 Å². The van der Waals surface area contributed by atoms with Crippen molar-refractivity contribution in [2.24, 2.45) is 5.92 Å². The van der Waals surface area contributed by atoms with Crippen LogP contribution in [0.4, 0.5) is 0 Å². The van der Waals surface area contributed by atoms with Gasteiger partial charge in [-0.1, -0.05) is 59.3 Å². The summed E-state index contributed by atoms with van der Waals surface area (Å²) in [6.45, 7) is 17.0. The Bertz CT molecular complexity index is 267. The molecule has 0 rings (SSSR count). The summed E-state index contributed by atoms with van der Waals surface area (Å²) in [6.07, 6.45) is 8.72. The normalized spacial score (nSPS) is 13.1. The summed E-state index contributed by atoms with van der Waals surface area (Å²) in [7, 11) is -4.14. The first kappa shape index (κ1) is 22.3. The molecule has 0 radical (unpaired) electrons. The summed E-state index contributed by atoms with van der Waals surface area (Å²) >= 11 is 0. The Hall–Kier alpha value is 0.314. The second-order valence-electron chi connectivity index (χ2n) is 7.16. The van der Waals surface area contributed by atoms with Gasteiger partial charge >= 0.3 is 17.1 Å². The third kappa shape index (κ3) is 11.8. The predicted octanol–water partition coefficient (Wildman–Crippen LogP) is 5.85. The molecular formula is C17H40O3Si2. The minimum Gasteiger partial charge on any atom is -0.415 e. The van der Waals surface area contributed by atoms with Gasteiger partial charge in [0.1, 0.15) is 0 Å². The summed E-state index contributed by atoms with van der Waals surface area (Å²) in [5.74, 6) is 0.652. The van der Waals surface area contributed by atoms with Crippen molar-refractivity contribution in [2.75, 3.05) is 13.2 Å². The lowest BCUT2D eigenvalue weighted by atomic mass is 10.1. The van der Waals surface area contributed by atoms with Crippen LogP contribution in [0, 0.1) is 5.92 Å². The van der Waals surface area contributed by atoms with Gasteiger partial charge in [0.2, 0.25) is 0 Å². The summed E-state index contributed by atoms with van der Waals surface area (Å²) in [5.41, 5.74) is 0. The number of hydrogen-bond donors (Lipinski definition) is 0. The maximum atomic E-state index is 6.33. The third-order valence-electron chi connectivity index (χ3n) is 4.01. The van der Waals surface area contributed by atoms with Crippen LogP contribution in [0.15, 0.2) is 0 Å². The Labute approximate surface area is 141 Å². The van der Waals surface area contributed by atoms with Crippen molar-refractivity contribution in [3.8, 4) is 0 Å². The second kappa shape index (κ2) is 11.8. The molecular weight excluding hydrogens is 308 g/mol. The largest absolute Gasteiger partial charge is 0.415 e. The molecule has 0 unspecified atom stereocenters. The van der Waals surface area contributed by atoms with E-state index in [4.69, 9.17) is 13.0 Å². The van der Waals surface area contributed by atoms with E-state index in [9.17, 15) is 0 Å². The number of unbranched alkanes of at least 4 members (excludes halogenated alkanes) is 4. The number of hydrogen-bond acceptors (Lipinski definition) is 3. The molecule has 0 aromatic rings. The average molecular weight is 349 g/mol. The fourth-order valence-electron chi connectivity index (χ4n) is 2.52. The Balaban J connectivity index is 4.03. The van der Waals surface area contributed by atoms with Gasteiger partial charge in [-0.15, -0.1) is 0 Å². The molecule has 5 heteroatoms. The van der Waals surface area contributed by atoms with Gasteiger partial charge in [-0.05, 0) is 38.5 Å². The SMILES string of the molecule is CCCCCCCO[Si](C)(C)O[Si](C)(C)OCC(CC)CC. The van der Waals surface area contributed by atoms with Gasteiger partial charge in [0.25, 0.3) is 0 Å². The molecule has 0 heterocycles. The molecule has 134 valence electrons. The van der Waals surface area contributed by atoms with Crippen LogP contribution < -0.4 is 0 Å². The molecule has 0 saturated heterocycles. The lowest BCUT2D eigenvalue weighted by molar-refractivity contribution is 0.168. The molecule has 22 heavy (non-hydrogen) atoms. The van der Waals surface area contributed by atoms with Crippen LogP contribution in [-0.4, -0.2) is 30.3 Å². The topological polar surface area (TPSA) is 27.7 Å². The highest BCUT2D eigenvalue weighted by Gasteiger charge is 2.36.